The number of carbonyl (C=O) groups is 2. The van der Waals surface area contributed by atoms with Gasteiger partial charge in [0.25, 0.3) is 5.91 Å². The normalized spacial score (nSPS) is 11.0. The van der Waals surface area contributed by atoms with Crippen molar-refractivity contribution in [3.63, 3.8) is 0 Å². The molecule has 0 unspecified atom stereocenters. The molecule has 5 nitrogen and oxygen atoms in total. The first-order chi connectivity index (χ1) is 11.8. The molecule has 0 spiro atoms. The summed E-state index contributed by atoms with van der Waals surface area (Å²) in [6, 6.07) is 14.8. The second-order valence-corrected chi connectivity index (χ2v) is 5.06. The third-order valence-electron chi connectivity index (χ3n) is 2.94. The Morgan fingerprint density at radius 2 is 1.56 bits per heavy atom. The third kappa shape index (κ3) is 6.64. The molecule has 0 bridgehead atoms. The van der Waals surface area contributed by atoms with Gasteiger partial charge in [0.2, 0.25) is 5.91 Å². The standard InChI is InChI=1S/C17H15F3N2O3/c18-17(19,20)11-25-10-15(23)21-13-7-4-8-14(9-13)22-16(24)12-5-2-1-3-6-12/h1-9H,10-11H2,(H,21,23)(H,22,24). The third-order valence-corrected chi connectivity index (χ3v) is 2.94. The van der Waals surface area contributed by atoms with Crippen LogP contribution in [-0.2, 0) is 9.53 Å². The lowest BCUT2D eigenvalue weighted by atomic mass is 10.2. The molecule has 0 aromatic heterocycles. The highest BCUT2D eigenvalue weighted by molar-refractivity contribution is 6.04. The van der Waals surface area contributed by atoms with E-state index in [-0.39, 0.29) is 5.91 Å². The molecule has 0 heterocycles. The van der Waals surface area contributed by atoms with Gasteiger partial charge in [-0.2, -0.15) is 13.2 Å². The van der Waals surface area contributed by atoms with E-state index in [0.29, 0.717) is 16.9 Å². The van der Waals surface area contributed by atoms with Crippen molar-refractivity contribution in [3.8, 4) is 0 Å². The quantitative estimate of drug-likeness (QED) is 0.837. The number of alkyl halides is 3. The van der Waals surface area contributed by atoms with Gasteiger partial charge < -0.3 is 15.4 Å². The van der Waals surface area contributed by atoms with Crippen molar-refractivity contribution >= 4 is 23.2 Å². The summed E-state index contributed by atoms with van der Waals surface area (Å²) in [5, 5.41) is 5.06. The van der Waals surface area contributed by atoms with Crippen molar-refractivity contribution in [2.75, 3.05) is 23.8 Å². The van der Waals surface area contributed by atoms with Crippen LogP contribution < -0.4 is 10.6 Å². The molecule has 0 radical (unpaired) electrons. The fraction of sp³-hybridized carbons (Fsp3) is 0.176. The number of anilines is 2. The fourth-order valence-electron chi connectivity index (χ4n) is 1.92. The zero-order valence-electron chi connectivity index (χ0n) is 13.0. The van der Waals surface area contributed by atoms with Crippen LogP contribution in [-0.4, -0.2) is 31.2 Å². The molecule has 0 saturated heterocycles. The topological polar surface area (TPSA) is 67.4 Å². The van der Waals surface area contributed by atoms with E-state index < -0.39 is 25.3 Å². The van der Waals surface area contributed by atoms with Crippen LogP contribution in [0.4, 0.5) is 24.5 Å². The fourth-order valence-corrected chi connectivity index (χ4v) is 1.92. The van der Waals surface area contributed by atoms with Gasteiger partial charge in [-0.25, -0.2) is 0 Å². The number of carbonyl (C=O) groups excluding carboxylic acids is 2. The maximum atomic E-state index is 12.1. The van der Waals surface area contributed by atoms with Crippen LogP contribution in [0.5, 0.6) is 0 Å². The summed E-state index contributed by atoms with van der Waals surface area (Å²) >= 11 is 0. The van der Waals surface area contributed by atoms with E-state index in [2.05, 4.69) is 15.4 Å². The molecule has 132 valence electrons. The molecule has 0 saturated carbocycles. The first-order valence-corrected chi connectivity index (χ1v) is 7.24. The first-order valence-electron chi connectivity index (χ1n) is 7.24. The number of ether oxygens (including phenoxy) is 1. The Bertz CT molecular complexity index is 733. The highest BCUT2D eigenvalue weighted by atomic mass is 19.4. The second kappa shape index (κ2) is 8.29. The van der Waals surface area contributed by atoms with Crippen LogP contribution in [0.25, 0.3) is 0 Å². The van der Waals surface area contributed by atoms with Gasteiger partial charge in [0.15, 0.2) is 0 Å². The van der Waals surface area contributed by atoms with Crippen molar-refractivity contribution in [3.05, 3.63) is 60.2 Å². The maximum Gasteiger partial charge on any atom is 0.411 e. The molecule has 25 heavy (non-hydrogen) atoms. The van der Waals surface area contributed by atoms with Gasteiger partial charge in [-0.15, -0.1) is 0 Å². The zero-order valence-corrected chi connectivity index (χ0v) is 13.0. The number of hydrogen-bond donors (Lipinski definition) is 2. The minimum atomic E-state index is -4.48. The maximum absolute atomic E-state index is 12.1. The van der Waals surface area contributed by atoms with E-state index >= 15 is 0 Å². The zero-order chi connectivity index (χ0) is 18.3. The van der Waals surface area contributed by atoms with E-state index in [1.807, 2.05) is 0 Å². The molecule has 0 aliphatic carbocycles. The number of benzene rings is 2. The van der Waals surface area contributed by atoms with Gasteiger partial charge in [0.1, 0.15) is 13.2 Å². The summed E-state index contributed by atoms with van der Waals surface area (Å²) in [5.41, 5.74) is 1.23. The average Bonchev–Trinajstić information content (AvgIpc) is 2.54. The number of rotatable bonds is 6. The highest BCUT2D eigenvalue weighted by Gasteiger charge is 2.27. The molecule has 0 atom stereocenters. The number of nitrogens with one attached hydrogen (secondary N) is 2. The molecule has 2 aromatic rings. The van der Waals surface area contributed by atoms with Gasteiger partial charge >= 0.3 is 6.18 Å². The Balaban J connectivity index is 1.90. The largest absolute Gasteiger partial charge is 0.411 e. The smallest absolute Gasteiger partial charge is 0.362 e. The highest BCUT2D eigenvalue weighted by Crippen LogP contribution is 2.17. The Kier molecular flexibility index (Phi) is 6.13. The van der Waals surface area contributed by atoms with E-state index in [4.69, 9.17) is 0 Å². The molecule has 8 heteroatoms. The Hall–Kier alpha value is -2.87. The molecule has 0 aliphatic rings. The van der Waals surface area contributed by atoms with Crippen molar-refractivity contribution in [2.45, 2.75) is 6.18 Å². The van der Waals surface area contributed by atoms with Crippen LogP contribution in [0.15, 0.2) is 54.6 Å². The summed E-state index contributed by atoms with van der Waals surface area (Å²) in [7, 11) is 0. The molecule has 2 rings (SSSR count). The van der Waals surface area contributed by atoms with Crippen LogP contribution in [0, 0.1) is 0 Å². The number of amides is 2. The number of hydrogen-bond acceptors (Lipinski definition) is 3. The Morgan fingerprint density at radius 3 is 2.20 bits per heavy atom. The lowest BCUT2D eigenvalue weighted by molar-refractivity contribution is -0.174. The lowest BCUT2D eigenvalue weighted by Gasteiger charge is -2.10. The van der Waals surface area contributed by atoms with Crippen molar-refractivity contribution in [1.82, 2.24) is 0 Å². The van der Waals surface area contributed by atoms with Gasteiger partial charge in [-0.1, -0.05) is 24.3 Å². The van der Waals surface area contributed by atoms with Gasteiger partial charge in [-0.3, -0.25) is 9.59 Å². The van der Waals surface area contributed by atoms with Crippen molar-refractivity contribution < 1.29 is 27.5 Å². The summed E-state index contributed by atoms with van der Waals surface area (Å²) in [6.07, 6.45) is -4.48. The SMILES string of the molecule is O=C(COCC(F)(F)F)Nc1cccc(NC(=O)c2ccccc2)c1. The molecule has 0 fully saturated rings. The molecule has 2 amide bonds. The van der Waals surface area contributed by atoms with Crippen molar-refractivity contribution in [2.24, 2.45) is 0 Å². The summed E-state index contributed by atoms with van der Waals surface area (Å²) < 4.78 is 40.1. The van der Waals surface area contributed by atoms with Crippen LogP contribution in [0.3, 0.4) is 0 Å². The molecule has 2 N–H and O–H groups in total. The predicted octanol–water partition coefficient (Wildman–Crippen LogP) is 3.46. The minimum Gasteiger partial charge on any atom is -0.362 e. The predicted molar refractivity (Wildman–Crippen MR) is 86.3 cm³/mol. The molecule has 2 aromatic carbocycles. The van der Waals surface area contributed by atoms with E-state index in [0.717, 1.165) is 0 Å². The van der Waals surface area contributed by atoms with Crippen molar-refractivity contribution in [1.29, 1.82) is 0 Å². The Labute approximate surface area is 141 Å². The minimum absolute atomic E-state index is 0.322. The number of halogens is 3. The van der Waals surface area contributed by atoms with Crippen LogP contribution >= 0.6 is 0 Å². The molecule has 0 aliphatic heterocycles. The van der Waals surface area contributed by atoms with E-state index in [9.17, 15) is 22.8 Å². The second-order valence-electron chi connectivity index (χ2n) is 5.06. The van der Waals surface area contributed by atoms with Gasteiger partial charge in [0, 0.05) is 16.9 Å². The molecular formula is C17H15F3N2O3. The van der Waals surface area contributed by atoms with Gasteiger partial charge in [0.05, 0.1) is 0 Å². The van der Waals surface area contributed by atoms with E-state index in [1.165, 1.54) is 6.07 Å². The monoisotopic (exact) mass is 352 g/mol. The first kappa shape index (κ1) is 18.5. The van der Waals surface area contributed by atoms with Gasteiger partial charge in [-0.05, 0) is 30.3 Å². The molecular weight excluding hydrogens is 337 g/mol. The average molecular weight is 352 g/mol. The summed E-state index contributed by atoms with van der Waals surface area (Å²) in [4.78, 5) is 23.6. The van der Waals surface area contributed by atoms with Crippen LogP contribution in [0.1, 0.15) is 10.4 Å². The summed E-state index contributed by atoms with van der Waals surface area (Å²) in [5.74, 6) is -1.05. The summed E-state index contributed by atoms with van der Waals surface area (Å²) in [6.45, 7) is -2.21. The Morgan fingerprint density at radius 1 is 0.920 bits per heavy atom. The lowest BCUT2D eigenvalue weighted by Crippen LogP contribution is -2.24. The van der Waals surface area contributed by atoms with Crippen LogP contribution in [0.2, 0.25) is 0 Å². The van der Waals surface area contributed by atoms with E-state index in [1.54, 1.807) is 48.5 Å².